The van der Waals surface area contributed by atoms with E-state index >= 15 is 0 Å². The lowest BCUT2D eigenvalue weighted by atomic mass is 10.2. The van der Waals surface area contributed by atoms with Gasteiger partial charge in [0.25, 0.3) is 0 Å². The molecule has 106 valence electrons. The fourth-order valence-corrected chi connectivity index (χ4v) is 1.77. The fraction of sp³-hybridized carbons (Fsp3) is 0.333. The van der Waals surface area contributed by atoms with E-state index in [0.29, 0.717) is 12.5 Å². The van der Waals surface area contributed by atoms with Gasteiger partial charge in [0.2, 0.25) is 5.95 Å². The van der Waals surface area contributed by atoms with Gasteiger partial charge in [0.05, 0.1) is 0 Å². The summed E-state index contributed by atoms with van der Waals surface area (Å²) in [6.45, 7) is 5.48. The third-order valence-electron chi connectivity index (χ3n) is 2.77. The van der Waals surface area contributed by atoms with Crippen LogP contribution in [-0.4, -0.2) is 16.5 Å². The molecule has 20 heavy (non-hydrogen) atoms. The van der Waals surface area contributed by atoms with Gasteiger partial charge in [0, 0.05) is 24.8 Å². The number of benzene rings is 1. The van der Waals surface area contributed by atoms with Crippen LogP contribution in [0, 0.1) is 12.7 Å². The third-order valence-corrected chi connectivity index (χ3v) is 2.77. The Labute approximate surface area is 118 Å². The van der Waals surface area contributed by atoms with Gasteiger partial charge < -0.3 is 10.6 Å². The summed E-state index contributed by atoms with van der Waals surface area (Å²) in [6, 6.07) is 8.31. The Balaban J connectivity index is 2.01. The van der Waals surface area contributed by atoms with Crippen LogP contribution in [0.1, 0.15) is 24.6 Å². The monoisotopic (exact) mass is 274 g/mol. The highest BCUT2D eigenvalue weighted by Crippen LogP contribution is 2.11. The second-order valence-electron chi connectivity index (χ2n) is 4.62. The highest BCUT2D eigenvalue weighted by Gasteiger charge is 2.02. The second kappa shape index (κ2) is 6.84. The quantitative estimate of drug-likeness (QED) is 0.848. The molecule has 0 saturated heterocycles. The molecule has 0 saturated carbocycles. The van der Waals surface area contributed by atoms with Crippen molar-refractivity contribution in [3.05, 3.63) is 47.4 Å². The average Bonchev–Trinajstić information content (AvgIpc) is 2.44. The number of anilines is 2. The predicted octanol–water partition coefficient (Wildman–Crippen LogP) is 3.36. The Morgan fingerprint density at radius 1 is 1.10 bits per heavy atom. The number of nitrogens with zero attached hydrogens (tertiary/aromatic N) is 2. The molecule has 0 aliphatic heterocycles. The van der Waals surface area contributed by atoms with Crippen molar-refractivity contribution in [2.45, 2.75) is 26.8 Å². The summed E-state index contributed by atoms with van der Waals surface area (Å²) >= 11 is 0. The summed E-state index contributed by atoms with van der Waals surface area (Å²) in [7, 11) is 0. The van der Waals surface area contributed by atoms with E-state index < -0.39 is 0 Å². The molecular weight excluding hydrogens is 255 g/mol. The molecule has 2 aromatic rings. The van der Waals surface area contributed by atoms with Gasteiger partial charge >= 0.3 is 0 Å². The number of hydrogen-bond acceptors (Lipinski definition) is 4. The molecule has 2 rings (SSSR count). The first-order chi connectivity index (χ1) is 9.67. The van der Waals surface area contributed by atoms with E-state index in [2.05, 4.69) is 27.5 Å². The first-order valence-corrected chi connectivity index (χ1v) is 6.75. The zero-order valence-electron chi connectivity index (χ0n) is 11.8. The van der Waals surface area contributed by atoms with Gasteiger partial charge in [-0.25, -0.2) is 9.37 Å². The van der Waals surface area contributed by atoms with Crippen molar-refractivity contribution in [3.8, 4) is 0 Å². The minimum absolute atomic E-state index is 0.224. The molecule has 0 atom stereocenters. The summed E-state index contributed by atoms with van der Waals surface area (Å²) < 4.78 is 12.8. The fourth-order valence-electron chi connectivity index (χ4n) is 1.77. The minimum Gasteiger partial charge on any atom is -0.366 e. The number of hydrogen-bond donors (Lipinski definition) is 2. The van der Waals surface area contributed by atoms with Crippen molar-refractivity contribution < 1.29 is 4.39 Å². The maximum atomic E-state index is 12.8. The highest BCUT2D eigenvalue weighted by atomic mass is 19.1. The first-order valence-electron chi connectivity index (χ1n) is 6.75. The molecule has 0 unspecified atom stereocenters. The van der Waals surface area contributed by atoms with Crippen molar-refractivity contribution in [2.24, 2.45) is 0 Å². The lowest BCUT2D eigenvalue weighted by molar-refractivity contribution is 0.627. The van der Waals surface area contributed by atoms with E-state index in [9.17, 15) is 4.39 Å². The second-order valence-corrected chi connectivity index (χ2v) is 4.62. The van der Waals surface area contributed by atoms with Crippen LogP contribution in [0.2, 0.25) is 0 Å². The summed E-state index contributed by atoms with van der Waals surface area (Å²) in [5.41, 5.74) is 1.91. The predicted molar refractivity (Wildman–Crippen MR) is 79.3 cm³/mol. The Morgan fingerprint density at radius 3 is 2.55 bits per heavy atom. The SMILES string of the molecule is CCCNc1nc(C)cc(NCc2ccc(F)cc2)n1. The number of halogens is 1. The molecule has 2 N–H and O–H groups in total. The lowest BCUT2D eigenvalue weighted by Crippen LogP contribution is -2.08. The first kappa shape index (κ1) is 14.2. The summed E-state index contributed by atoms with van der Waals surface area (Å²) in [4.78, 5) is 8.72. The van der Waals surface area contributed by atoms with Crippen LogP contribution in [0.15, 0.2) is 30.3 Å². The van der Waals surface area contributed by atoms with Crippen molar-refractivity contribution in [1.82, 2.24) is 9.97 Å². The highest BCUT2D eigenvalue weighted by molar-refractivity contribution is 5.42. The normalized spacial score (nSPS) is 10.3. The Morgan fingerprint density at radius 2 is 1.85 bits per heavy atom. The zero-order chi connectivity index (χ0) is 14.4. The molecule has 0 fully saturated rings. The van der Waals surface area contributed by atoms with Crippen LogP contribution < -0.4 is 10.6 Å². The van der Waals surface area contributed by atoms with Crippen molar-refractivity contribution in [3.63, 3.8) is 0 Å². The van der Waals surface area contributed by atoms with Crippen molar-refractivity contribution >= 4 is 11.8 Å². The molecule has 1 heterocycles. The Bertz CT molecular complexity index is 554. The minimum atomic E-state index is -0.224. The summed E-state index contributed by atoms with van der Waals surface area (Å²) in [6.07, 6.45) is 1.02. The molecule has 1 aromatic heterocycles. The van der Waals surface area contributed by atoms with E-state index in [0.717, 1.165) is 30.0 Å². The van der Waals surface area contributed by atoms with E-state index in [1.54, 1.807) is 12.1 Å². The van der Waals surface area contributed by atoms with Crippen LogP contribution in [0.3, 0.4) is 0 Å². The standard InChI is InChI=1S/C15H19FN4/c1-3-8-17-15-19-11(2)9-14(20-15)18-10-12-4-6-13(16)7-5-12/h4-7,9H,3,8,10H2,1-2H3,(H2,17,18,19,20). The summed E-state index contributed by atoms with van der Waals surface area (Å²) in [5.74, 6) is 1.17. The smallest absolute Gasteiger partial charge is 0.224 e. The number of nitrogens with one attached hydrogen (secondary N) is 2. The topological polar surface area (TPSA) is 49.8 Å². The van der Waals surface area contributed by atoms with Crippen LogP contribution in [0.25, 0.3) is 0 Å². The molecule has 0 bridgehead atoms. The van der Waals surface area contributed by atoms with E-state index in [-0.39, 0.29) is 5.82 Å². The number of aromatic nitrogens is 2. The van der Waals surface area contributed by atoms with Gasteiger partial charge in [-0.1, -0.05) is 19.1 Å². The van der Waals surface area contributed by atoms with Crippen LogP contribution in [0.4, 0.5) is 16.2 Å². The molecule has 1 aromatic carbocycles. The van der Waals surface area contributed by atoms with Gasteiger partial charge in [-0.15, -0.1) is 0 Å². The van der Waals surface area contributed by atoms with E-state index in [4.69, 9.17) is 0 Å². The average molecular weight is 274 g/mol. The van der Waals surface area contributed by atoms with Gasteiger partial charge in [0.1, 0.15) is 11.6 Å². The summed E-state index contributed by atoms with van der Waals surface area (Å²) in [5, 5.41) is 6.39. The van der Waals surface area contributed by atoms with Gasteiger partial charge in [-0.05, 0) is 31.0 Å². The van der Waals surface area contributed by atoms with E-state index in [1.165, 1.54) is 12.1 Å². The zero-order valence-corrected chi connectivity index (χ0v) is 11.8. The van der Waals surface area contributed by atoms with Gasteiger partial charge in [-0.2, -0.15) is 4.98 Å². The largest absolute Gasteiger partial charge is 0.366 e. The number of rotatable bonds is 6. The third kappa shape index (κ3) is 4.19. The van der Waals surface area contributed by atoms with Gasteiger partial charge in [0.15, 0.2) is 0 Å². The molecule has 0 radical (unpaired) electrons. The van der Waals surface area contributed by atoms with Crippen molar-refractivity contribution in [1.29, 1.82) is 0 Å². The maximum Gasteiger partial charge on any atom is 0.224 e. The van der Waals surface area contributed by atoms with Crippen LogP contribution in [0.5, 0.6) is 0 Å². The molecule has 5 heteroatoms. The van der Waals surface area contributed by atoms with Crippen LogP contribution in [-0.2, 0) is 6.54 Å². The van der Waals surface area contributed by atoms with E-state index in [1.807, 2.05) is 13.0 Å². The molecule has 0 aliphatic rings. The molecule has 4 nitrogen and oxygen atoms in total. The Kier molecular flexibility index (Phi) is 4.87. The molecular formula is C15H19FN4. The molecule has 0 spiro atoms. The molecule has 0 aliphatic carbocycles. The van der Waals surface area contributed by atoms with Crippen LogP contribution >= 0.6 is 0 Å². The van der Waals surface area contributed by atoms with Crippen molar-refractivity contribution in [2.75, 3.05) is 17.2 Å². The Hall–Kier alpha value is -2.17. The maximum absolute atomic E-state index is 12.8. The molecule has 0 amide bonds. The number of aryl methyl sites for hydroxylation is 1. The lowest BCUT2D eigenvalue weighted by Gasteiger charge is -2.09. The van der Waals surface area contributed by atoms with Gasteiger partial charge in [-0.3, -0.25) is 0 Å².